The van der Waals surface area contributed by atoms with E-state index in [2.05, 4.69) is 6.08 Å². The van der Waals surface area contributed by atoms with Crippen molar-refractivity contribution in [2.45, 2.75) is 18.3 Å². The number of rotatable bonds is 2. The molecule has 0 saturated heterocycles. The lowest BCUT2D eigenvalue weighted by atomic mass is 10.0. The van der Waals surface area contributed by atoms with Crippen molar-refractivity contribution in [3.8, 4) is 0 Å². The SMILES string of the molecule is COC1(OC)[C@@H]2C=C[C@@H]1[C@@H](O)C2. The summed E-state index contributed by atoms with van der Waals surface area (Å²) in [6.45, 7) is 0. The minimum Gasteiger partial charge on any atom is -0.392 e. The monoisotopic (exact) mass is 170 g/mol. The lowest BCUT2D eigenvalue weighted by molar-refractivity contribution is -0.234. The molecular weight excluding hydrogens is 156 g/mol. The van der Waals surface area contributed by atoms with Gasteiger partial charge in [-0.05, 0) is 6.42 Å². The van der Waals surface area contributed by atoms with Crippen molar-refractivity contribution in [1.82, 2.24) is 0 Å². The molecule has 12 heavy (non-hydrogen) atoms. The Bertz CT molecular complexity index is 208. The van der Waals surface area contributed by atoms with Crippen molar-refractivity contribution in [2.75, 3.05) is 14.2 Å². The molecule has 2 aliphatic carbocycles. The maximum atomic E-state index is 9.61. The third-order valence-electron chi connectivity index (χ3n) is 3.08. The first-order valence-corrected chi connectivity index (χ1v) is 4.21. The van der Waals surface area contributed by atoms with Gasteiger partial charge >= 0.3 is 0 Å². The van der Waals surface area contributed by atoms with Gasteiger partial charge in [-0.3, -0.25) is 0 Å². The Hall–Kier alpha value is -0.380. The maximum Gasteiger partial charge on any atom is 0.182 e. The van der Waals surface area contributed by atoms with Gasteiger partial charge < -0.3 is 14.6 Å². The van der Waals surface area contributed by atoms with Gasteiger partial charge in [0.2, 0.25) is 0 Å². The van der Waals surface area contributed by atoms with E-state index in [1.807, 2.05) is 6.08 Å². The number of methoxy groups -OCH3 is 2. The van der Waals surface area contributed by atoms with Crippen LogP contribution in [0, 0.1) is 11.8 Å². The first-order chi connectivity index (χ1) is 5.74. The van der Waals surface area contributed by atoms with E-state index in [1.54, 1.807) is 14.2 Å². The zero-order valence-electron chi connectivity index (χ0n) is 7.36. The van der Waals surface area contributed by atoms with Crippen LogP contribution in [-0.4, -0.2) is 31.2 Å². The van der Waals surface area contributed by atoms with Crippen molar-refractivity contribution in [2.24, 2.45) is 11.8 Å². The van der Waals surface area contributed by atoms with Crippen LogP contribution in [0.1, 0.15) is 6.42 Å². The number of aliphatic hydroxyl groups excluding tert-OH is 1. The van der Waals surface area contributed by atoms with Gasteiger partial charge in [0.1, 0.15) is 0 Å². The lowest BCUT2D eigenvalue weighted by Crippen LogP contribution is -2.41. The number of fused-ring (bicyclic) bond motifs is 2. The van der Waals surface area contributed by atoms with Crippen LogP contribution < -0.4 is 0 Å². The van der Waals surface area contributed by atoms with Gasteiger partial charge in [0.15, 0.2) is 5.79 Å². The minimum absolute atomic E-state index is 0.0116. The molecule has 0 spiro atoms. The third-order valence-corrected chi connectivity index (χ3v) is 3.08. The summed E-state index contributed by atoms with van der Waals surface area (Å²) >= 11 is 0. The lowest BCUT2D eigenvalue weighted by Gasteiger charge is -2.31. The molecule has 3 nitrogen and oxygen atoms in total. The zero-order valence-corrected chi connectivity index (χ0v) is 7.36. The van der Waals surface area contributed by atoms with Crippen LogP contribution in [-0.2, 0) is 9.47 Å². The van der Waals surface area contributed by atoms with E-state index in [-0.39, 0.29) is 17.9 Å². The van der Waals surface area contributed by atoms with Gasteiger partial charge in [0, 0.05) is 20.1 Å². The van der Waals surface area contributed by atoms with Gasteiger partial charge in [-0.2, -0.15) is 0 Å². The molecule has 0 amide bonds. The van der Waals surface area contributed by atoms with Crippen molar-refractivity contribution in [3.63, 3.8) is 0 Å². The second kappa shape index (κ2) is 2.55. The van der Waals surface area contributed by atoms with Gasteiger partial charge in [0.25, 0.3) is 0 Å². The first-order valence-electron chi connectivity index (χ1n) is 4.21. The molecule has 0 radical (unpaired) electrons. The predicted octanol–water partition coefficient (Wildman–Crippen LogP) is 0.542. The summed E-state index contributed by atoms with van der Waals surface area (Å²) in [6, 6.07) is 0. The molecule has 3 atom stereocenters. The van der Waals surface area contributed by atoms with Gasteiger partial charge in [-0.1, -0.05) is 12.2 Å². The van der Waals surface area contributed by atoms with Crippen LogP contribution in [0.4, 0.5) is 0 Å². The second-order valence-electron chi connectivity index (χ2n) is 3.45. The quantitative estimate of drug-likeness (QED) is 0.485. The Morgan fingerprint density at radius 2 is 2.00 bits per heavy atom. The van der Waals surface area contributed by atoms with Crippen LogP contribution in [0.3, 0.4) is 0 Å². The summed E-state index contributed by atoms with van der Waals surface area (Å²) in [5, 5.41) is 9.61. The number of aliphatic hydroxyl groups is 1. The molecule has 1 saturated carbocycles. The average molecular weight is 170 g/mol. The summed E-state index contributed by atoms with van der Waals surface area (Å²) < 4.78 is 10.7. The Labute approximate surface area is 72.0 Å². The summed E-state index contributed by atoms with van der Waals surface area (Å²) in [5.74, 6) is -0.357. The smallest absolute Gasteiger partial charge is 0.182 e. The Morgan fingerprint density at radius 1 is 1.33 bits per heavy atom. The molecule has 2 rings (SSSR count). The van der Waals surface area contributed by atoms with E-state index in [1.165, 1.54) is 0 Å². The maximum absolute atomic E-state index is 9.61. The summed E-state index contributed by atoms with van der Waals surface area (Å²) in [4.78, 5) is 0. The number of hydrogen-bond donors (Lipinski definition) is 1. The van der Waals surface area contributed by atoms with Crippen molar-refractivity contribution < 1.29 is 14.6 Å². The van der Waals surface area contributed by atoms with Crippen molar-refractivity contribution in [3.05, 3.63) is 12.2 Å². The van der Waals surface area contributed by atoms with Crippen molar-refractivity contribution >= 4 is 0 Å². The van der Waals surface area contributed by atoms with E-state index < -0.39 is 5.79 Å². The fraction of sp³-hybridized carbons (Fsp3) is 0.778. The molecule has 68 valence electrons. The van der Waals surface area contributed by atoms with E-state index in [9.17, 15) is 5.11 Å². The summed E-state index contributed by atoms with van der Waals surface area (Å²) in [7, 11) is 3.27. The molecule has 1 N–H and O–H groups in total. The van der Waals surface area contributed by atoms with Gasteiger partial charge in [-0.15, -0.1) is 0 Å². The molecule has 0 aromatic heterocycles. The van der Waals surface area contributed by atoms with Gasteiger partial charge in [-0.25, -0.2) is 0 Å². The standard InChI is InChI=1S/C9H14O3/c1-11-9(12-2)6-3-4-7(9)8(10)5-6/h3-4,6-8,10H,5H2,1-2H3/t6-,7-,8+/m1/s1. The average Bonchev–Trinajstić information content (AvgIpc) is 2.56. The molecule has 2 aliphatic rings. The molecule has 3 heteroatoms. The highest BCUT2D eigenvalue weighted by molar-refractivity contribution is 5.20. The molecular formula is C9H14O3. The largest absolute Gasteiger partial charge is 0.392 e. The van der Waals surface area contributed by atoms with Crippen LogP contribution in [0.2, 0.25) is 0 Å². The van der Waals surface area contributed by atoms with Gasteiger partial charge in [0.05, 0.1) is 12.0 Å². The van der Waals surface area contributed by atoms with Crippen LogP contribution in [0.25, 0.3) is 0 Å². The zero-order chi connectivity index (χ0) is 8.77. The van der Waals surface area contributed by atoms with E-state index in [0.717, 1.165) is 6.42 Å². The molecule has 0 unspecified atom stereocenters. The Balaban J connectivity index is 2.30. The molecule has 0 aliphatic heterocycles. The molecule has 0 aromatic rings. The number of ether oxygens (including phenoxy) is 2. The first kappa shape index (κ1) is 8.23. The Kier molecular flexibility index (Phi) is 1.75. The third kappa shape index (κ3) is 0.762. The molecule has 0 heterocycles. The molecule has 2 bridgehead atoms. The number of hydrogen-bond acceptors (Lipinski definition) is 3. The van der Waals surface area contributed by atoms with E-state index >= 15 is 0 Å². The van der Waals surface area contributed by atoms with E-state index in [0.29, 0.717) is 0 Å². The predicted molar refractivity (Wildman–Crippen MR) is 43.5 cm³/mol. The van der Waals surface area contributed by atoms with Crippen LogP contribution >= 0.6 is 0 Å². The molecule has 0 aromatic carbocycles. The van der Waals surface area contributed by atoms with E-state index in [4.69, 9.17) is 9.47 Å². The summed E-state index contributed by atoms with van der Waals surface area (Å²) in [6.07, 6.45) is 4.51. The normalized spacial score (nSPS) is 42.4. The highest BCUT2D eigenvalue weighted by Crippen LogP contribution is 2.49. The second-order valence-corrected chi connectivity index (χ2v) is 3.45. The summed E-state index contributed by atoms with van der Waals surface area (Å²) in [5.41, 5.74) is 0. The minimum atomic E-state index is -0.584. The van der Waals surface area contributed by atoms with Crippen molar-refractivity contribution in [1.29, 1.82) is 0 Å². The highest BCUT2D eigenvalue weighted by Gasteiger charge is 2.57. The molecule has 1 fully saturated rings. The fourth-order valence-corrected chi connectivity index (χ4v) is 2.47. The topological polar surface area (TPSA) is 38.7 Å². The fourth-order valence-electron chi connectivity index (χ4n) is 2.47. The van der Waals surface area contributed by atoms with Crippen LogP contribution in [0.5, 0.6) is 0 Å². The highest BCUT2D eigenvalue weighted by atomic mass is 16.7. The Morgan fingerprint density at radius 3 is 2.25 bits per heavy atom. The van der Waals surface area contributed by atoms with Crippen LogP contribution in [0.15, 0.2) is 12.2 Å².